The second-order valence-electron chi connectivity index (χ2n) is 6.92. The van der Waals surface area contributed by atoms with Gasteiger partial charge in [-0.3, -0.25) is 4.90 Å². The van der Waals surface area contributed by atoms with Gasteiger partial charge in [0.1, 0.15) is 0 Å². The molecule has 1 aromatic carbocycles. The molecule has 0 bridgehead atoms. The Morgan fingerprint density at radius 2 is 2.05 bits per heavy atom. The summed E-state index contributed by atoms with van der Waals surface area (Å²) in [5.41, 5.74) is 1.61. The van der Waals surface area contributed by atoms with Gasteiger partial charge in [0.15, 0.2) is 0 Å². The van der Waals surface area contributed by atoms with E-state index >= 15 is 0 Å². The summed E-state index contributed by atoms with van der Waals surface area (Å²) in [6.07, 6.45) is 2.58. The topological polar surface area (TPSA) is 24.5 Å². The molecule has 0 radical (unpaired) electrons. The quantitative estimate of drug-likeness (QED) is 0.924. The van der Waals surface area contributed by atoms with Crippen LogP contribution in [0.4, 0.5) is 0 Å². The van der Waals surface area contributed by atoms with E-state index in [0.29, 0.717) is 18.2 Å². The monoisotopic (exact) mass is 288 g/mol. The van der Waals surface area contributed by atoms with Crippen LogP contribution in [-0.4, -0.2) is 48.3 Å². The summed E-state index contributed by atoms with van der Waals surface area (Å²) in [5.74, 6) is 0. The van der Waals surface area contributed by atoms with E-state index in [4.69, 9.17) is 4.74 Å². The largest absolute Gasteiger partial charge is 0.377 e. The SMILES string of the molecule is CC1CNC(Cc2ccccc2)CN1C1(C)CCOC1C. The summed E-state index contributed by atoms with van der Waals surface area (Å²) < 4.78 is 5.86. The average molecular weight is 288 g/mol. The molecule has 1 aromatic rings. The van der Waals surface area contributed by atoms with Crippen LogP contribution in [0.2, 0.25) is 0 Å². The molecule has 0 spiro atoms. The first-order chi connectivity index (χ1) is 10.1. The van der Waals surface area contributed by atoms with Crippen molar-refractivity contribution in [2.45, 2.75) is 57.3 Å². The fourth-order valence-electron chi connectivity index (χ4n) is 3.88. The van der Waals surface area contributed by atoms with Crippen molar-refractivity contribution in [1.29, 1.82) is 0 Å². The van der Waals surface area contributed by atoms with Crippen molar-refractivity contribution in [1.82, 2.24) is 10.2 Å². The van der Waals surface area contributed by atoms with Gasteiger partial charge in [-0.2, -0.15) is 0 Å². The Morgan fingerprint density at radius 3 is 2.71 bits per heavy atom. The molecule has 21 heavy (non-hydrogen) atoms. The number of nitrogens with one attached hydrogen (secondary N) is 1. The van der Waals surface area contributed by atoms with Gasteiger partial charge in [-0.15, -0.1) is 0 Å². The van der Waals surface area contributed by atoms with Crippen LogP contribution < -0.4 is 5.32 Å². The maximum absolute atomic E-state index is 5.86. The predicted octanol–water partition coefficient (Wildman–Crippen LogP) is 2.46. The van der Waals surface area contributed by atoms with E-state index in [2.05, 4.69) is 61.3 Å². The van der Waals surface area contributed by atoms with Crippen LogP contribution in [0, 0.1) is 0 Å². The summed E-state index contributed by atoms with van der Waals surface area (Å²) in [6, 6.07) is 11.9. The lowest BCUT2D eigenvalue weighted by Crippen LogP contribution is -2.64. The smallest absolute Gasteiger partial charge is 0.0728 e. The molecule has 2 fully saturated rings. The van der Waals surface area contributed by atoms with E-state index in [9.17, 15) is 0 Å². The molecule has 1 N–H and O–H groups in total. The van der Waals surface area contributed by atoms with Crippen LogP contribution in [0.25, 0.3) is 0 Å². The third-order valence-electron chi connectivity index (χ3n) is 5.48. The van der Waals surface area contributed by atoms with Gasteiger partial charge < -0.3 is 10.1 Å². The van der Waals surface area contributed by atoms with Crippen molar-refractivity contribution in [3.05, 3.63) is 35.9 Å². The maximum Gasteiger partial charge on any atom is 0.0728 e. The lowest BCUT2D eigenvalue weighted by Gasteiger charge is -2.49. The summed E-state index contributed by atoms with van der Waals surface area (Å²) in [4.78, 5) is 2.69. The number of nitrogens with zero attached hydrogens (tertiary/aromatic N) is 1. The normalized spacial score (nSPS) is 37.8. The van der Waals surface area contributed by atoms with Crippen LogP contribution in [0.5, 0.6) is 0 Å². The molecule has 0 aliphatic carbocycles. The van der Waals surface area contributed by atoms with E-state index in [1.807, 2.05) is 0 Å². The Labute approximate surface area is 128 Å². The zero-order valence-electron chi connectivity index (χ0n) is 13.5. The summed E-state index contributed by atoms with van der Waals surface area (Å²) in [6.45, 7) is 10.0. The highest BCUT2D eigenvalue weighted by Gasteiger charge is 2.45. The third-order valence-corrected chi connectivity index (χ3v) is 5.48. The molecular formula is C18H28N2O. The highest BCUT2D eigenvalue weighted by atomic mass is 16.5. The van der Waals surface area contributed by atoms with E-state index in [0.717, 1.165) is 32.5 Å². The Bertz CT molecular complexity index is 464. The minimum absolute atomic E-state index is 0.191. The number of hydrogen-bond acceptors (Lipinski definition) is 3. The fourth-order valence-corrected chi connectivity index (χ4v) is 3.88. The molecule has 2 aliphatic heterocycles. The number of benzene rings is 1. The number of hydrogen-bond donors (Lipinski definition) is 1. The molecule has 0 amide bonds. The van der Waals surface area contributed by atoms with Gasteiger partial charge in [0.2, 0.25) is 0 Å². The van der Waals surface area contributed by atoms with Crippen molar-refractivity contribution in [3.8, 4) is 0 Å². The molecule has 3 nitrogen and oxygen atoms in total. The van der Waals surface area contributed by atoms with Crippen molar-refractivity contribution >= 4 is 0 Å². The van der Waals surface area contributed by atoms with Gasteiger partial charge in [-0.05, 0) is 39.2 Å². The van der Waals surface area contributed by atoms with Gasteiger partial charge in [-0.25, -0.2) is 0 Å². The first-order valence-corrected chi connectivity index (χ1v) is 8.25. The Kier molecular flexibility index (Phi) is 4.34. The van der Waals surface area contributed by atoms with Crippen molar-refractivity contribution < 1.29 is 4.74 Å². The van der Waals surface area contributed by atoms with Crippen molar-refractivity contribution in [2.75, 3.05) is 19.7 Å². The van der Waals surface area contributed by atoms with Gasteiger partial charge in [0.25, 0.3) is 0 Å². The van der Waals surface area contributed by atoms with E-state index in [1.165, 1.54) is 5.56 Å². The minimum Gasteiger partial charge on any atom is -0.377 e. The zero-order chi connectivity index (χ0) is 14.9. The van der Waals surface area contributed by atoms with Crippen LogP contribution in [0.3, 0.4) is 0 Å². The fraction of sp³-hybridized carbons (Fsp3) is 0.667. The van der Waals surface area contributed by atoms with Crippen LogP contribution in [-0.2, 0) is 11.2 Å². The number of ether oxygens (including phenoxy) is 1. The molecular weight excluding hydrogens is 260 g/mol. The molecule has 116 valence electrons. The van der Waals surface area contributed by atoms with Crippen LogP contribution in [0.1, 0.15) is 32.8 Å². The van der Waals surface area contributed by atoms with Crippen LogP contribution >= 0.6 is 0 Å². The Balaban J connectivity index is 1.70. The standard InChI is InChI=1S/C18H28N2O/c1-14-12-19-17(11-16-7-5-4-6-8-16)13-20(14)18(3)9-10-21-15(18)2/h4-8,14-15,17,19H,9-13H2,1-3H3. The van der Waals surface area contributed by atoms with E-state index in [1.54, 1.807) is 0 Å². The van der Waals surface area contributed by atoms with Crippen molar-refractivity contribution in [2.24, 2.45) is 0 Å². The number of rotatable bonds is 3. The summed E-state index contributed by atoms with van der Waals surface area (Å²) >= 11 is 0. The van der Waals surface area contributed by atoms with Gasteiger partial charge in [0.05, 0.1) is 6.10 Å². The Morgan fingerprint density at radius 1 is 1.29 bits per heavy atom. The van der Waals surface area contributed by atoms with Crippen molar-refractivity contribution in [3.63, 3.8) is 0 Å². The molecule has 2 aliphatic rings. The molecule has 0 saturated carbocycles. The lowest BCUT2D eigenvalue weighted by atomic mass is 9.88. The third kappa shape index (κ3) is 3.01. The molecule has 2 saturated heterocycles. The second-order valence-corrected chi connectivity index (χ2v) is 6.92. The molecule has 3 heteroatoms. The summed E-state index contributed by atoms with van der Waals surface area (Å²) in [7, 11) is 0. The van der Waals surface area contributed by atoms with Gasteiger partial charge >= 0.3 is 0 Å². The first-order valence-electron chi connectivity index (χ1n) is 8.25. The summed E-state index contributed by atoms with van der Waals surface area (Å²) in [5, 5.41) is 3.72. The van der Waals surface area contributed by atoms with E-state index < -0.39 is 0 Å². The zero-order valence-corrected chi connectivity index (χ0v) is 13.5. The minimum atomic E-state index is 0.191. The highest BCUT2D eigenvalue weighted by Crippen LogP contribution is 2.34. The molecule has 3 rings (SSSR count). The molecule has 4 unspecified atom stereocenters. The Hall–Kier alpha value is -0.900. The van der Waals surface area contributed by atoms with E-state index in [-0.39, 0.29) is 5.54 Å². The predicted molar refractivity (Wildman–Crippen MR) is 86.5 cm³/mol. The lowest BCUT2D eigenvalue weighted by molar-refractivity contribution is -0.0198. The highest BCUT2D eigenvalue weighted by molar-refractivity contribution is 5.16. The second kappa shape index (κ2) is 6.07. The van der Waals surface area contributed by atoms with Gasteiger partial charge in [-0.1, -0.05) is 30.3 Å². The molecule has 0 aromatic heterocycles. The number of piperazine rings is 1. The first kappa shape index (κ1) is 15.0. The average Bonchev–Trinajstić information content (AvgIpc) is 2.83. The van der Waals surface area contributed by atoms with Gasteiger partial charge in [0, 0.05) is 37.3 Å². The molecule has 4 atom stereocenters. The molecule has 2 heterocycles. The van der Waals surface area contributed by atoms with Crippen LogP contribution in [0.15, 0.2) is 30.3 Å². The maximum atomic E-state index is 5.86.